The molecule has 1 aromatic carbocycles. The summed E-state index contributed by atoms with van der Waals surface area (Å²) in [4.78, 5) is 0. The van der Waals surface area contributed by atoms with Gasteiger partial charge < -0.3 is 9.88 Å². The molecule has 6 heteroatoms. The third kappa shape index (κ3) is 2.90. The number of nitrogens with one attached hydrogen (secondary N) is 1. The molecule has 0 aliphatic carbocycles. The third-order valence-electron chi connectivity index (χ3n) is 3.61. The molecule has 1 aliphatic heterocycles. The fourth-order valence-electron chi connectivity index (χ4n) is 2.43. The van der Waals surface area contributed by atoms with Crippen molar-refractivity contribution in [1.29, 1.82) is 0 Å². The number of benzene rings is 1. The predicted octanol–water partition coefficient (Wildman–Crippen LogP) is 1.81. The highest BCUT2D eigenvalue weighted by Crippen LogP contribution is 2.21. The van der Waals surface area contributed by atoms with E-state index < -0.39 is 10.8 Å². The topological polar surface area (TPSA) is 59.8 Å². The lowest BCUT2D eigenvalue weighted by atomic mass is 10.1. The van der Waals surface area contributed by atoms with Crippen LogP contribution >= 0.6 is 0 Å². The van der Waals surface area contributed by atoms with E-state index in [0.717, 1.165) is 41.4 Å². The Morgan fingerprint density at radius 1 is 1.25 bits per heavy atom. The van der Waals surface area contributed by atoms with Crippen molar-refractivity contribution in [3.05, 3.63) is 30.6 Å². The molecule has 2 aromatic rings. The number of hydrogen-bond acceptors (Lipinski definition) is 4. The molecule has 3 rings (SSSR count). The number of aromatic nitrogens is 3. The number of aryl methyl sites for hydroxylation is 1. The summed E-state index contributed by atoms with van der Waals surface area (Å²) in [5.74, 6) is 2.49. The molecule has 1 N–H and O–H groups in total. The van der Waals surface area contributed by atoms with Crippen molar-refractivity contribution in [2.75, 3.05) is 16.8 Å². The van der Waals surface area contributed by atoms with E-state index >= 15 is 0 Å². The number of nitrogens with zero attached hydrogens (tertiary/aromatic N) is 3. The van der Waals surface area contributed by atoms with E-state index in [2.05, 4.69) is 27.6 Å². The van der Waals surface area contributed by atoms with Crippen molar-refractivity contribution in [2.24, 2.45) is 7.05 Å². The van der Waals surface area contributed by atoms with E-state index in [1.165, 1.54) is 0 Å². The van der Waals surface area contributed by atoms with Gasteiger partial charge in [-0.2, -0.15) is 0 Å². The van der Waals surface area contributed by atoms with Gasteiger partial charge in [-0.25, -0.2) is 0 Å². The molecule has 1 aromatic heterocycles. The minimum absolute atomic E-state index is 0.438. The maximum absolute atomic E-state index is 11.3. The lowest BCUT2D eigenvalue weighted by molar-refractivity contribution is 0.624. The average molecular weight is 290 g/mol. The smallest absolute Gasteiger partial charge is 0.163 e. The molecule has 20 heavy (non-hydrogen) atoms. The summed E-state index contributed by atoms with van der Waals surface area (Å²) in [6.07, 6.45) is 3.67. The zero-order chi connectivity index (χ0) is 13.9. The van der Waals surface area contributed by atoms with Gasteiger partial charge in [0.1, 0.15) is 6.33 Å². The van der Waals surface area contributed by atoms with Gasteiger partial charge in [-0.3, -0.25) is 4.21 Å². The molecule has 0 spiro atoms. The van der Waals surface area contributed by atoms with E-state index in [0.29, 0.717) is 6.04 Å². The molecule has 5 nitrogen and oxygen atoms in total. The van der Waals surface area contributed by atoms with Crippen LogP contribution in [0.25, 0.3) is 11.4 Å². The summed E-state index contributed by atoms with van der Waals surface area (Å²) in [6, 6.07) is 8.67. The molecule has 1 aliphatic rings. The Morgan fingerprint density at radius 3 is 2.55 bits per heavy atom. The molecule has 0 saturated carbocycles. The fraction of sp³-hybridized carbons (Fsp3) is 0.429. The van der Waals surface area contributed by atoms with Gasteiger partial charge in [0.2, 0.25) is 0 Å². The molecular weight excluding hydrogens is 272 g/mol. The van der Waals surface area contributed by atoms with Crippen LogP contribution in [0, 0.1) is 0 Å². The van der Waals surface area contributed by atoms with Crippen LogP contribution in [0.5, 0.6) is 0 Å². The first-order valence-corrected chi connectivity index (χ1v) is 8.27. The lowest BCUT2D eigenvalue weighted by Crippen LogP contribution is -2.29. The molecule has 0 bridgehead atoms. The van der Waals surface area contributed by atoms with Gasteiger partial charge in [0.05, 0.1) is 0 Å². The van der Waals surface area contributed by atoms with Gasteiger partial charge in [-0.05, 0) is 37.1 Å². The SMILES string of the molecule is Cn1cnnc1-c1ccc(NC2CCS(=O)CC2)cc1. The van der Waals surface area contributed by atoms with E-state index in [-0.39, 0.29) is 0 Å². The maximum atomic E-state index is 11.3. The summed E-state index contributed by atoms with van der Waals surface area (Å²) >= 11 is 0. The largest absolute Gasteiger partial charge is 0.382 e. The third-order valence-corrected chi connectivity index (χ3v) is 5.00. The summed E-state index contributed by atoms with van der Waals surface area (Å²) < 4.78 is 13.2. The second-order valence-electron chi connectivity index (χ2n) is 5.11. The zero-order valence-corrected chi connectivity index (χ0v) is 12.3. The summed E-state index contributed by atoms with van der Waals surface area (Å²) in [5.41, 5.74) is 2.16. The van der Waals surface area contributed by atoms with Crippen molar-refractivity contribution in [2.45, 2.75) is 18.9 Å². The van der Waals surface area contributed by atoms with E-state index in [1.807, 2.05) is 23.7 Å². The Morgan fingerprint density at radius 2 is 1.95 bits per heavy atom. The summed E-state index contributed by atoms with van der Waals surface area (Å²) in [6.45, 7) is 0. The molecule has 1 fully saturated rings. The van der Waals surface area contributed by atoms with Gasteiger partial charge >= 0.3 is 0 Å². The van der Waals surface area contributed by atoms with Crippen LogP contribution < -0.4 is 5.32 Å². The fourth-order valence-corrected chi connectivity index (χ4v) is 3.73. The Hall–Kier alpha value is -1.69. The van der Waals surface area contributed by atoms with Crippen LogP contribution in [0.15, 0.2) is 30.6 Å². The van der Waals surface area contributed by atoms with Gasteiger partial charge in [0.25, 0.3) is 0 Å². The lowest BCUT2D eigenvalue weighted by Gasteiger charge is -2.23. The van der Waals surface area contributed by atoms with Crippen molar-refractivity contribution in [3.8, 4) is 11.4 Å². The molecule has 0 atom stereocenters. The first kappa shape index (κ1) is 13.3. The normalized spacial score (nSPS) is 22.6. The minimum Gasteiger partial charge on any atom is -0.382 e. The Kier molecular flexibility index (Phi) is 3.82. The van der Waals surface area contributed by atoms with Gasteiger partial charge in [-0.1, -0.05) is 0 Å². The minimum atomic E-state index is -0.603. The van der Waals surface area contributed by atoms with E-state index in [1.54, 1.807) is 6.33 Å². The predicted molar refractivity (Wildman–Crippen MR) is 81.0 cm³/mol. The van der Waals surface area contributed by atoms with E-state index in [4.69, 9.17) is 0 Å². The van der Waals surface area contributed by atoms with Crippen LogP contribution in [0.2, 0.25) is 0 Å². The summed E-state index contributed by atoms with van der Waals surface area (Å²) in [5, 5.41) is 11.5. The first-order chi connectivity index (χ1) is 9.72. The van der Waals surface area contributed by atoms with Crippen LogP contribution in [0.4, 0.5) is 5.69 Å². The highest BCUT2D eigenvalue weighted by Gasteiger charge is 2.17. The number of rotatable bonds is 3. The second kappa shape index (κ2) is 5.75. The highest BCUT2D eigenvalue weighted by atomic mass is 32.2. The van der Waals surface area contributed by atoms with Crippen molar-refractivity contribution >= 4 is 16.5 Å². The van der Waals surface area contributed by atoms with Crippen LogP contribution in [0.1, 0.15) is 12.8 Å². The highest BCUT2D eigenvalue weighted by molar-refractivity contribution is 7.85. The van der Waals surface area contributed by atoms with Crippen LogP contribution in [-0.2, 0) is 17.8 Å². The Bertz CT molecular complexity index is 598. The summed E-state index contributed by atoms with van der Waals surface area (Å²) in [7, 11) is 1.33. The Labute approximate surface area is 120 Å². The Balaban J connectivity index is 1.67. The molecule has 106 valence electrons. The standard InChI is InChI=1S/C14H18N4OS/c1-18-10-15-17-14(18)11-2-4-12(5-3-11)16-13-6-8-20(19)9-7-13/h2-5,10,13,16H,6-9H2,1H3. The molecule has 1 saturated heterocycles. The first-order valence-electron chi connectivity index (χ1n) is 6.78. The number of anilines is 1. The van der Waals surface area contributed by atoms with Crippen molar-refractivity contribution in [3.63, 3.8) is 0 Å². The van der Waals surface area contributed by atoms with Gasteiger partial charge in [0, 0.05) is 46.6 Å². The van der Waals surface area contributed by atoms with Crippen molar-refractivity contribution < 1.29 is 4.21 Å². The second-order valence-corrected chi connectivity index (χ2v) is 6.81. The van der Waals surface area contributed by atoms with Gasteiger partial charge in [0.15, 0.2) is 5.82 Å². The molecule has 2 heterocycles. The molecule has 0 radical (unpaired) electrons. The molecule has 0 unspecified atom stereocenters. The molecule has 0 amide bonds. The molecular formula is C14H18N4OS. The maximum Gasteiger partial charge on any atom is 0.163 e. The quantitative estimate of drug-likeness (QED) is 0.936. The zero-order valence-electron chi connectivity index (χ0n) is 11.5. The van der Waals surface area contributed by atoms with E-state index in [9.17, 15) is 4.21 Å². The van der Waals surface area contributed by atoms with Crippen LogP contribution in [-0.4, -0.2) is 36.5 Å². The van der Waals surface area contributed by atoms with Gasteiger partial charge in [-0.15, -0.1) is 10.2 Å². The van der Waals surface area contributed by atoms with Crippen molar-refractivity contribution in [1.82, 2.24) is 14.8 Å². The number of hydrogen-bond donors (Lipinski definition) is 1. The monoisotopic (exact) mass is 290 g/mol. The van der Waals surface area contributed by atoms with Crippen LogP contribution in [0.3, 0.4) is 0 Å². The average Bonchev–Trinajstić information content (AvgIpc) is 2.89.